The van der Waals surface area contributed by atoms with Crippen LogP contribution in [0.1, 0.15) is 5.56 Å². The Bertz CT molecular complexity index is 1260. The molecule has 0 spiro atoms. The number of benzene rings is 3. The number of anilines is 2. The third-order valence-corrected chi connectivity index (χ3v) is 6.75. The first-order valence-corrected chi connectivity index (χ1v) is 11.6. The van der Waals surface area contributed by atoms with Crippen LogP contribution in [-0.2, 0) is 16.0 Å². The lowest BCUT2D eigenvalue weighted by Crippen LogP contribution is -2.30. The first-order valence-electron chi connectivity index (χ1n) is 9.97. The Balaban J connectivity index is 1.70. The average molecular weight is 522 g/mol. The van der Waals surface area contributed by atoms with Gasteiger partial charge in [-0.2, -0.15) is 5.26 Å². The molecule has 1 heterocycles. The van der Waals surface area contributed by atoms with E-state index < -0.39 is 17.0 Å². The van der Waals surface area contributed by atoms with Gasteiger partial charge in [0, 0.05) is 15.8 Å². The third-order valence-electron chi connectivity index (χ3n) is 4.96. The van der Waals surface area contributed by atoms with Gasteiger partial charge in [0.25, 0.3) is 5.91 Å². The van der Waals surface area contributed by atoms with Gasteiger partial charge in [0.2, 0.25) is 5.91 Å². The molecule has 3 aromatic carbocycles. The van der Waals surface area contributed by atoms with Crippen LogP contribution in [0.4, 0.5) is 15.8 Å². The van der Waals surface area contributed by atoms with Crippen molar-refractivity contribution in [3.8, 4) is 6.07 Å². The van der Waals surface area contributed by atoms with Crippen LogP contribution in [0.25, 0.3) is 0 Å². The van der Waals surface area contributed by atoms with E-state index in [1.54, 1.807) is 24.3 Å². The smallest absolute Gasteiger partial charge is 0.269 e. The minimum atomic E-state index is -0.662. The maximum Gasteiger partial charge on any atom is 0.269 e. The highest BCUT2D eigenvalue weighted by molar-refractivity contribution is 9.10. The molecule has 0 bridgehead atoms. The lowest BCUT2D eigenvalue weighted by atomic mass is 10.1. The standard InChI is InChI=1S/C25H17BrFN3O2S/c26-17-8-6-16(7-9-17)14-22-24(32)30(20-4-2-1-3-5-20)25(33-22)21(15-28)23(31)29-19-12-10-18(27)11-13-19/h1-13,22H,14H2,(H,29,31)/b25-21-. The Morgan fingerprint density at radius 3 is 2.36 bits per heavy atom. The molecule has 0 aliphatic carbocycles. The first-order chi connectivity index (χ1) is 16.0. The molecule has 8 heteroatoms. The van der Waals surface area contributed by atoms with Gasteiger partial charge in [-0.15, -0.1) is 0 Å². The fourth-order valence-corrected chi connectivity index (χ4v) is 4.93. The van der Waals surface area contributed by atoms with Crippen LogP contribution in [0.3, 0.4) is 0 Å². The van der Waals surface area contributed by atoms with E-state index in [1.165, 1.54) is 40.9 Å². The van der Waals surface area contributed by atoms with E-state index in [0.717, 1.165) is 10.0 Å². The molecule has 3 aromatic rings. The zero-order valence-electron chi connectivity index (χ0n) is 17.2. The lowest BCUT2D eigenvalue weighted by molar-refractivity contribution is -0.117. The molecular weight excluding hydrogens is 505 g/mol. The summed E-state index contributed by atoms with van der Waals surface area (Å²) in [5.74, 6) is -1.30. The average Bonchev–Trinajstić information content (AvgIpc) is 3.13. The first kappa shape index (κ1) is 22.8. The van der Waals surface area contributed by atoms with E-state index in [-0.39, 0.29) is 16.5 Å². The van der Waals surface area contributed by atoms with Gasteiger partial charge in [0.1, 0.15) is 22.5 Å². The second-order valence-corrected chi connectivity index (χ2v) is 9.31. The number of amides is 2. The number of rotatable bonds is 5. The summed E-state index contributed by atoms with van der Waals surface area (Å²) in [5, 5.41) is 12.2. The number of hydrogen-bond donors (Lipinski definition) is 1. The summed E-state index contributed by atoms with van der Waals surface area (Å²) >= 11 is 4.60. The Morgan fingerprint density at radius 1 is 1.06 bits per heavy atom. The lowest BCUT2D eigenvalue weighted by Gasteiger charge is -2.18. The Labute approximate surface area is 203 Å². The van der Waals surface area contributed by atoms with Gasteiger partial charge in [0.15, 0.2) is 0 Å². The fourth-order valence-electron chi connectivity index (χ4n) is 3.36. The van der Waals surface area contributed by atoms with Crippen LogP contribution in [0, 0.1) is 17.1 Å². The van der Waals surface area contributed by atoms with Gasteiger partial charge >= 0.3 is 0 Å². The normalized spacial score (nSPS) is 16.9. The van der Waals surface area contributed by atoms with Crippen molar-refractivity contribution < 1.29 is 14.0 Å². The molecule has 1 unspecified atom stereocenters. The van der Waals surface area contributed by atoms with Crippen LogP contribution in [0.15, 0.2) is 93.9 Å². The molecule has 164 valence electrons. The quantitative estimate of drug-likeness (QED) is 0.347. The summed E-state index contributed by atoms with van der Waals surface area (Å²) in [7, 11) is 0. The number of thioether (sulfide) groups is 1. The molecule has 0 radical (unpaired) electrons. The molecule has 0 aromatic heterocycles. The molecule has 1 aliphatic rings. The van der Waals surface area contributed by atoms with Gasteiger partial charge < -0.3 is 5.32 Å². The molecule has 2 amide bonds. The molecule has 1 fully saturated rings. The molecule has 5 nitrogen and oxygen atoms in total. The van der Waals surface area contributed by atoms with Crippen molar-refractivity contribution in [3.05, 3.63) is 105 Å². The second-order valence-electron chi connectivity index (χ2n) is 7.20. The van der Waals surface area contributed by atoms with Crippen molar-refractivity contribution in [2.45, 2.75) is 11.7 Å². The number of nitrogens with one attached hydrogen (secondary N) is 1. The number of carbonyl (C=O) groups excluding carboxylic acids is 2. The third kappa shape index (κ3) is 5.16. The maximum atomic E-state index is 13.4. The van der Waals surface area contributed by atoms with Crippen LogP contribution < -0.4 is 10.2 Å². The Hall–Kier alpha value is -3.41. The Morgan fingerprint density at radius 2 is 1.73 bits per heavy atom. The number of nitrogens with zero attached hydrogens (tertiary/aromatic N) is 2. The predicted molar refractivity (Wildman–Crippen MR) is 131 cm³/mol. The SMILES string of the molecule is N#C/C(C(=O)Nc1ccc(F)cc1)=C1/SC(Cc2ccc(Br)cc2)C(=O)N1c1ccccc1. The molecule has 1 aliphatic heterocycles. The van der Waals surface area contributed by atoms with Crippen molar-refractivity contribution >= 4 is 50.9 Å². The van der Waals surface area contributed by atoms with Gasteiger partial charge in [0.05, 0.1) is 5.25 Å². The highest BCUT2D eigenvalue weighted by Crippen LogP contribution is 2.42. The topological polar surface area (TPSA) is 73.2 Å². The molecule has 1 atom stereocenters. The van der Waals surface area contributed by atoms with Gasteiger partial charge in [-0.3, -0.25) is 14.5 Å². The number of halogens is 2. The number of hydrogen-bond acceptors (Lipinski definition) is 4. The second kappa shape index (κ2) is 10.0. The molecule has 1 saturated heterocycles. The summed E-state index contributed by atoms with van der Waals surface area (Å²) in [4.78, 5) is 27.8. The monoisotopic (exact) mass is 521 g/mol. The highest BCUT2D eigenvalue weighted by Gasteiger charge is 2.40. The summed E-state index contributed by atoms with van der Waals surface area (Å²) in [6.45, 7) is 0. The van der Waals surface area contributed by atoms with Crippen molar-refractivity contribution in [1.82, 2.24) is 0 Å². The minimum absolute atomic E-state index is 0.181. The van der Waals surface area contributed by atoms with Gasteiger partial charge in [-0.05, 0) is 60.5 Å². The summed E-state index contributed by atoms with van der Waals surface area (Å²) in [6.07, 6.45) is 0.446. The molecular formula is C25H17BrFN3O2S. The zero-order chi connectivity index (χ0) is 23.4. The van der Waals surface area contributed by atoms with Gasteiger partial charge in [-0.25, -0.2) is 4.39 Å². The van der Waals surface area contributed by atoms with Crippen molar-refractivity contribution in [1.29, 1.82) is 5.26 Å². The predicted octanol–water partition coefficient (Wildman–Crippen LogP) is 5.65. The molecule has 1 N–H and O–H groups in total. The summed E-state index contributed by atoms with van der Waals surface area (Å²) in [6, 6.07) is 23.8. The molecule has 0 saturated carbocycles. The number of carbonyl (C=O) groups is 2. The van der Waals surface area contributed by atoms with Crippen molar-refractivity contribution in [2.24, 2.45) is 0 Å². The van der Waals surface area contributed by atoms with E-state index in [2.05, 4.69) is 21.2 Å². The van der Waals surface area contributed by atoms with Gasteiger partial charge in [-0.1, -0.05) is 58.0 Å². The van der Waals surface area contributed by atoms with Crippen LogP contribution in [0.5, 0.6) is 0 Å². The number of nitriles is 1. The van der Waals surface area contributed by atoms with Crippen LogP contribution in [0.2, 0.25) is 0 Å². The molecule has 33 heavy (non-hydrogen) atoms. The van der Waals surface area contributed by atoms with E-state index >= 15 is 0 Å². The van der Waals surface area contributed by atoms with E-state index in [4.69, 9.17) is 0 Å². The fraction of sp³-hybridized carbons (Fsp3) is 0.0800. The van der Waals surface area contributed by atoms with Crippen LogP contribution >= 0.6 is 27.7 Å². The summed E-state index contributed by atoms with van der Waals surface area (Å²) < 4.78 is 14.1. The summed E-state index contributed by atoms with van der Waals surface area (Å²) in [5.41, 5.74) is 1.71. The minimum Gasteiger partial charge on any atom is -0.321 e. The zero-order valence-corrected chi connectivity index (χ0v) is 19.6. The van der Waals surface area contributed by atoms with Crippen LogP contribution in [-0.4, -0.2) is 17.1 Å². The van der Waals surface area contributed by atoms with E-state index in [9.17, 15) is 19.2 Å². The largest absolute Gasteiger partial charge is 0.321 e. The number of para-hydroxylation sites is 1. The van der Waals surface area contributed by atoms with Crippen molar-refractivity contribution in [2.75, 3.05) is 10.2 Å². The Kier molecular flexibility index (Phi) is 6.92. The molecule has 4 rings (SSSR count). The highest BCUT2D eigenvalue weighted by atomic mass is 79.9. The van der Waals surface area contributed by atoms with E-state index in [1.807, 2.05) is 36.4 Å². The van der Waals surface area contributed by atoms with E-state index in [0.29, 0.717) is 17.8 Å². The maximum absolute atomic E-state index is 13.4. The van der Waals surface area contributed by atoms with Crippen molar-refractivity contribution in [3.63, 3.8) is 0 Å².